The first kappa shape index (κ1) is 17.4. The Labute approximate surface area is 145 Å². The molecule has 0 saturated carbocycles. The Morgan fingerprint density at radius 1 is 1.08 bits per heavy atom. The van der Waals surface area contributed by atoms with Crippen LogP contribution < -0.4 is 0 Å². The number of carboxylic acid groups (broad SMARTS) is 1. The van der Waals surface area contributed by atoms with E-state index in [2.05, 4.69) is 16.7 Å². The van der Waals surface area contributed by atoms with E-state index in [-0.39, 0.29) is 0 Å². The van der Waals surface area contributed by atoms with Gasteiger partial charge in [-0.15, -0.1) is 0 Å². The molecule has 2 fully saturated rings. The molecule has 2 aliphatic rings. The van der Waals surface area contributed by atoms with E-state index in [1.165, 1.54) is 57.4 Å². The lowest BCUT2D eigenvalue weighted by atomic mass is 9.94. The van der Waals surface area contributed by atoms with Gasteiger partial charge < -0.3 is 10.0 Å². The van der Waals surface area contributed by atoms with Gasteiger partial charge in [0, 0.05) is 19.6 Å². The van der Waals surface area contributed by atoms with Crippen molar-refractivity contribution in [1.82, 2.24) is 9.80 Å². The molecule has 0 spiro atoms. The highest BCUT2D eigenvalue weighted by molar-refractivity contribution is 5.87. The first-order valence-electron chi connectivity index (χ1n) is 9.37. The molecule has 1 N–H and O–H groups in total. The minimum atomic E-state index is -0.851. The van der Waals surface area contributed by atoms with E-state index in [9.17, 15) is 4.79 Å². The van der Waals surface area contributed by atoms with Gasteiger partial charge in [-0.3, -0.25) is 4.90 Å². The van der Waals surface area contributed by atoms with Crippen LogP contribution in [0.3, 0.4) is 0 Å². The molecule has 4 heteroatoms. The molecule has 132 valence electrons. The van der Waals surface area contributed by atoms with Crippen molar-refractivity contribution in [2.24, 2.45) is 11.8 Å². The molecule has 4 nitrogen and oxygen atoms in total. The third-order valence-corrected chi connectivity index (χ3v) is 5.60. The molecule has 2 heterocycles. The van der Waals surface area contributed by atoms with Crippen LogP contribution in [-0.2, 0) is 6.54 Å². The van der Waals surface area contributed by atoms with E-state index in [4.69, 9.17) is 5.11 Å². The maximum Gasteiger partial charge on any atom is 0.335 e. The second-order valence-corrected chi connectivity index (χ2v) is 7.73. The molecule has 0 amide bonds. The largest absolute Gasteiger partial charge is 0.478 e. The lowest BCUT2D eigenvalue weighted by Crippen LogP contribution is -2.42. The quantitative estimate of drug-likeness (QED) is 0.899. The molecule has 0 aliphatic carbocycles. The monoisotopic (exact) mass is 330 g/mol. The number of likely N-dealkylation sites (tertiary alicyclic amines) is 2. The number of hydrogen-bond acceptors (Lipinski definition) is 3. The summed E-state index contributed by atoms with van der Waals surface area (Å²) in [5, 5.41) is 8.99. The number of carbonyl (C=O) groups is 1. The zero-order chi connectivity index (χ0) is 16.9. The number of hydrogen-bond donors (Lipinski definition) is 1. The summed E-state index contributed by atoms with van der Waals surface area (Å²) in [7, 11) is 0. The zero-order valence-electron chi connectivity index (χ0n) is 14.8. The van der Waals surface area contributed by atoms with E-state index >= 15 is 0 Å². The molecule has 1 unspecified atom stereocenters. The van der Waals surface area contributed by atoms with Crippen LogP contribution in [0.4, 0.5) is 0 Å². The van der Waals surface area contributed by atoms with Crippen molar-refractivity contribution in [1.29, 1.82) is 0 Å². The fourth-order valence-corrected chi connectivity index (χ4v) is 4.06. The number of nitrogens with zero attached hydrogens (tertiary/aromatic N) is 2. The van der Waals surface area contributed by atoms with Gasteiger partial charge in [-0.1, -0.05) is 19.1 Å². The van der Waals surface area contributed by atoms with Gasteiger partial charge in [0.25, 0.3) is 0 Å². The van der Waals surface area contributed by atoms with Crippen molar-refractivity contribution in [2.75, 3.05) is 32.7 Å². The summed E-state index contributed by atoms with van der Waals surface area (Å²) in [5.74, 6) is 0.832. The van der Waals surface area contributed by atoms with Crippen LogP contribution in [0.1, 0.15) is 48.5 Å². The summed E-state index contributed by atoms with van der Waals surface area (Å²) in [6, 6.07) is 7.35. The summed E-state index contributed by atoms with van der Waals surface area (Å²) in [6.07, 6.45) is 5.33. The van der Waals surface area contributed by atoms with E-state index in [1.807, 2.05) is 12.1 Å². The Kier molecular flexibility index (Phi) is 5.90. The van der Waals surface area contributed by atoms with Crippen molar-refractivity contribution in [3.05, 3.63) is 35.4 Å². The normalized spacial score (nSPS) is 24.1. The highest BCUT2D eigenvalue weighted by Crippen LogP contribution is 2.23. The third kappa shape index (κ3) is 4.81. The smallest absolute Gasteiger partial charge is 0.335 e. The molecule has 0 radical (unpaired) electrons. The maximum absolute atomic E-state index is 10.9. The van der Waals surface area contributed by atoms with Crippen molar-refractivity contribution in [3.63, 3.8) is 0 Å². The Morgan fingerprint density at radius 3 is 2.46 bits per heavy atom. The van der Waals surface area contributed by atoms with Crippen LogP contribution >= 0.6 is 0 Å². The molecule has 2 saturated heterocycles. The van der Waals surface area contributed by atoms with Gasteiger partial charge in [0.2, 0.25) is 0 Å². The van der Waals surface area contributed by atoms with E-state index in [0.717, 1.165) is 24.9 Å². The van der Waals surface area contributed by atoms with E-state index < -0.39 is 5.97 Å². The molecule has 0 aromatic heterocycles. The molecule has 1 atom stereocenters. The predicted molar refractivity (Wildman–Crippen MR) is 96.2 cm³/mol. The standard InChI is InChI=1S/C20H30N2O2/c1-16-8-11-21(12-9-16)14-18-3-2-10-22(15-18)13-17-4-6-19(7-5-17)20(23)24/h4-7,16,18H,2-3,8-15H2,1H3,(H,23,24). The summed E-state index contributed by atoms with van der Waals surface area (Å²) in [4.78, 5) is 16.1. The lowest BCUT2D eigenvalue weighted by molar-refractivity contribution is 0.0697. The molecule has 1 aromatic carbocycles. The molecule has 3 rings (SSSR count). The molecular weight excluding hydrogens is 300 g/mol. The second kappa shape index (κ2) is 8.13. The molecule has 2 aliphatic heterocycles. The van der Waals surface area contributed by atoms with E-state index in [1.54, 1.807) is 12.1 Å². The first-order valence-corrected chi connectivity index (χ1v) is 9.37. The average molecular weight is 330 g/mol. The van der Waals surface area contributed by atoms with Gasteiger partial charge in [0.15, 0.2) is 0 Å². The van der Waals surface area contributed by atoms with Gasteiger partial charge in [-0.25, -0.2) is 4.79 Å². The Morgan fingerprint density at radius 2 is 1.79 bits per heavy atom. The number of carboxylic acids is 1. The highest BCUT2D eigenvalue weighted by Gasteiger charge is 2.24. The van der Waals surface area contributed by atoms with Crippen molar-refractivity contribution < 1.29 is 9.90 Å². The molecule has 24 heavy (non-hydrogen) atoms. The van der Waals surface area contributed by atoms with Crippen molar-refractivity contribution in [2.45, 2.75) is 39.2 Å². The Bertz CT molecular complexity index is 535. The highest BCUT2D eigenvalue weighted by atomic mass is 16.4. The lowest BCUT2D eigenvalue weighted by Gasteiger charge is -2.37. The SMILES string of the molecule is CC1CCN(CC2CCCN(Cc3ccc(C(=O)O)cc3)C2)CC1. The van der Waals surface area contributed by atoms with Crippen LogP contribution in [-0.4, -0.2) is 53.6 Å². The second-order valence-electron chi connectivity index (χ2n) is 7.73. The van der Waals surface area contributed by atoms with Gasteiger partial charge in [0.05, 0.1) is 5.56 Å². The molecule has 1 aromatic rings. The third-order valence-electron chi connectivity index (χ3n) is 5.60. The average Bonchev–Trinajstić information content (AvgIpc) is 2.58. The molecule has 0 bridgehead atoms. The van der Waals surface area contributed by atoms with Gasteiger partial charge in [-0.2, -0.15) is 0 Å². The molecular formula is C20H30N2O2. The fourth-order valence-electron chi connectivity index (χ4n) is 4.06. The van der Waals surface area contributed by atoms with Crippen LogP contribution in [0.2, 0.25) is 0 Å². The zero-order valence-corrected chi connectivity index (χ0v) is 14.8. The minimum absolute atomic E-state index is 0.370. The van der Waals surface area contributed by atoms with Gasteiger partial charge >= 0.3 is 5.97 Å². The number of rotatable bonds is 5. The van der Waals surface area contributed by atoms with Gasteiger partial charge in [0.1, 0.15) is 0 Å². The topological polar surface area (TPSA) is 43.8 Å². The van der Waals surface area contributed by atoms with Crippen LogP contribution in [0.5, 0.6) is 0 Å². The van der Waals surface area contributed by atoms with Gasteiger partial charge in [-0.05, 0) is 74.8 Å². The van der Waals surface area contributed by atoms with Crippen molar-refractivity contribution in [3.8, 4) is 0 Å². The summed E-state index contributed by atoms with van der Waals surface area (Å²) in [6.45, 7) is 9.44. The maximum atomic E-state index is 10.9. The number of piperidine rings is 2. The predicted octanol–water partition coefficient (Wildman–Crippen LogP) is 3.33. The fraction of sp³-hybridized carbons (Fsp3) is 0.650. The summed E-state index contributed by atoms with van der Waals surface area (Å²) in [5.41, 5.74) is 1.59. The van der Waals surface area contributed by atoms with E-state index in [0.29, 0.717) is 5.56 Å². The Balaban J connectivity index is 1.49. The van der Waals surface area contributed by atoms with Crippen LogP contribution in [0.25, 0.3) is 0 Å². The van der Waals surface area contributed by atoms with Crippen LogP contribution in [0, 0.1) is 11.8 Å². The Hall–Kier alpha value is -1.39. The first-order chi connectivity index (χ1) is 11.6. The summed E-state index contributed by atoms with van der Waals surface area (Å²) >= 11 is 0. The summed E-state index contributed by atoms with van der Waals surface area (Å²) < 4.78 is 0. The number of aromatic carboxylic acids is 1. The number of benzene rings is 1. The van der Waals surface area contributed by atoms with Crippen molar-refractivity contribution >= 4 is 5.97 Å². The van der Waals surface area contributed by atoms with Crippen LogP contribution in [0.15, 0.2) is 24.3 Å². The minimum Gasteiger partial charge on any atom is -0.478 e.